The second-order valence-corrected chi connectivity index (χ2v) is 8.74. The summed E-state index contributed by atoms with van der Waals surface area (Å²) < 4.78 is 6.32. The van der Waals surface area contributed by atoms with Crippen molar-refractivity contribution in [2.45, 2.75) is 52.8 Å². The van der Waals surface area contributed by atoms with Crippen molar-refractivity contribution >= 4 is 23.7 Å². The molecule has 0 fully saturated rings. The molecule has 1 heterocycles. The van der Waals surface area contributed by atoms with Gasteiger partial charge in [-0.3, -0.25) is 4.79 Å². The number of nitrogens with zero attached hydrogens (tertiary/aromatic N) is 2. The summed E-state index contributed by atoms with van der Waals surface area (Å²) in [5, 5.41) is 8.42. The Kier molecular flexibility index (Phi) is 8.13. The number of carbonyl (C=O) groups is 3. The van der Waals surface area contributed by atoms with Gasteiger partial charge in [-0.15, -0.1) is 0 Å². The molecule has 0 aliphatic carbocycles. The van der Waals surface area contributed by atoms with Crippen LogP contribution in [0, 0.1) is 5.92 Å². The van der Waals surface area contributed by atoms with Crippen molar-refractivity contribution in [2.75, 3.05) is 32.5 Å². The fraction of sp³-hybridized carbons (Fsp3) is 0.591. The number of ether oxygens (including phenoxy) is 1. The molecule has 0 aromatic heterocycles. The average molecular weight is 434 g/mol. The van der Waals surface area contributed by atoms with Gasteiger partial charge in [0.25, 0.3) is 5.91 Å². The van der Waals surface area contributed by atoms with Gasteiger partial charge < -0.3 is 30.5 Å². The van der Waals surface area contributed by atoms with Crippen LogP contribution in [0.25, 0.3) is 0 Å². The molecule has 9 heteroatoms. The smallest absolute Gasteiger partial charge is 0.319 e. The number of amides is 5. The van der Waals surface area contributed by atoms with Gasteiger partial charge in [-0.1, -0.05) is 13.0 Å². The normalized spacial score (nSPS) is 18.6. The van der Waals surface area contributed by atoms with Crippen molar-refractivity contribution in [3.8, 4) is 5.75 Å². The van der Waals surface area contributed by atoms with Crippen LogP contribution in [0.1, 0.15) is 45.0 Å². The van der Waals surface area contributed by atoms with E-state index in [2.05, 4.69) is 16.0 Å². The molecule has 9 nitrogen and oxygen atoms in total. The molecular weight excluding hydrogens is 398 g/mol. The summed E-state index contributed by atoms with van der Waals surface area (Å²) >= 11 is 0. The summed E-state index contributed by atoms with van der Waals surface area (Å²) in [6.07, 6.45) is -0.381. The zero-order chi connectivity index (χ0) is 23.3. The lowest BCUT2D eigenvalue weighted by molar-refractivity contribution is 0.0579. The van der Waals surface area contributed by atoms with E-state index in [0.717, 1.165) is 0 Å². The molecule has 1 aromatic carbocycles. The van der Waals surface area contributed by atoms with E-state index < -0.39 is 0 Å². The fourth-order valence-corrected chi connectivity index (χ4v) is 3.38. The molecule has 0 spiro atoms. The van der Waals surface area contributed by atoms with Crippen LogP contribution < -0.4 is 20.7 Å². The third-order valence-corrected chi connectivity index (χ3v) is 4.94. The zero-order valence-corrected chi connectivity index (χ0v) is 19.5. The highest BCUT2D eigenvalue weighted by molar-refractivity contribution is 6.01. The van der Waals surface area contributed by atoms with E-state index in [0.29, 0.717) is 30.1 Å². The van der Waals surface area contributed by atoms with Crippen LogP contribution >= 0.6 is 0 Å². The Morgan fingerprint density at radius 3 is 2.45 bits per heavy atom. The highest BCUT2D eigenvalue weighted by Gasteiger charge is 2.32. The number of likely N-dealkylation sites (N-methyl/N-ethyl adjacent to an activating group) is 1. The molecule has 1 aliphatic heterocycles. The number of hydrogen-bond donors (Lipinski definition) is 3. The van der Waals surface area contributed by atoms with E-state index in [-0.39, 0.29) is 42.1 Å². The lowest BCUT2D eigenvalue weighted by Crippen LogP contribution is -2.49. The van der Waals surface area contributed by atoms with Gasteiger partial charge in [0.05, 0.1) is 17.8 Å². The highest BCUT2D eigenvalue weighted by Crippen LogP contribution is 2.34. The van der Waals surface area contributed by atoms with Gasteiger partial charge in [0.2, 0.25) is 0 Å². The second-order valence-electron chi connectivity index (χ2n) is 8.74. The van der Waals surface area contributed by atoms with Crippen LogP contribution in [0.3, 0.4) is 0 Å². The Morgan fingerprint density at radius 2 is 1.84 bits per heavy atom. The summed E-state index contributed by atoms with van der Waals surface area (Å²) in [6.45, 7) is 10.3. The monoisotopic (exact) mass is 433 g/mol. The minimum atomic E-state index is -0.382. The van der Waals surface area contributed by atoms with Crippen molar-refractivity contribution < 1.29 is 19.1 Å². The molecule has 3 N–H and O–H groups in total. The molecule has 31 heavy (non-hydrogen) atoms. The van der Waals surface area contributed by atoms with E-state index in [9.17, 15) is 14.4 Å². The van der Waals surface area contributed by atoms with Gasteiger partial charge in [-0.25, -0.2) is 9.59 Å². The lowest BCUT2D eigenvalue weighted by atomic mass is 10.0. The number of para-hydroxylation sites is 1. The standard InChI is InChI=1S/C22H35N5O4/c1-13(2)23-21(29)25-17-10-8-9-16-19(17)31-18(15(5)11-26(6)20(16)28)12-27(7)22(30)24-14(3)4/h8-10,13-15,18H,11-12H2,1-7H3,(H,24,30)(H2,23,25,29)/t15-,18-/m0/s1. The van der Waals surface area contributed by atoms with E-state index in [1.807, 2.05) is 34.6 Å². The number of anilines is 1. The van der Waals surface area contributed by atoms with Crippen molar-refractivity contribution in [3.63, 3.8) is 0 Å². The Bertz CT molecular complexity index is 811. The minimum Gasteiger partial charge on any atom is -0.485 e. The molecule has 5 amide bonds. The van der Waals surface area contributed by atoms with E-state index in [4.69, 9.17) is 4.74 Å². The van der Waals surface area contributed by atoms with Crippen LogP contribution in [0.5, 0.6) is 5.75 Å². The number of carbonyl (C=O) groups excluding carboxylic acids is 3. The molecule has 0 saturated heterocycles. The molecule has 0 unspecified atom stereocenters. The van der Waals surface area contributed by atoms with Crippen LogP contribution in [-0.4, -0.2) is 73.1 Å². The first-order valence-electron chi connectivity index (χ1n) is 10.6. The molecule has 1 aliphatic rings. The second kappa shape index (κ2) is 10.4. The van der Waals surface area contributed by atoms with Crippen LogP contribution in [0.4, 0.5) is 15.3 Å². The third-order valence-electron chi connectivity index (χ3n) is 4.94. The summed E-state index contributed by atoms with van der Waals surface area (Å²) in [7, 11) is 3.45. The van der Waals surface area contributed by atoms with E-state index >= 15 is 0 Å². The average Bonchev–Trinajstić information content (AvgIpc) is 2.65. The maximum atomic E-state index is 13.0. The maximum Gasteiger partial charge on any atom is 0.319 e. The number of urea groups is 2. The minimum absolute atomic E-state index is 0.0189. The summed E-state index contributed by atoms with van der Waals surface area (Å²) in [4.78, 5) is 40.9. The largest absolute Gasteiger partial charge is 0.485 e. The van der Waals surface area contributed by atoms with Crippen LogP contribution in [0.2, 0.25) is 0 Å². The summed E-state index contributed by atoms with van der Waals surface area (Å²) in [6, 6.07) is 4.49. The van der Waals surface area contributed by atoms with Gasteiger partial charge >= 0.3 is 12.1 Å². The number of rotatable bonds is 5. The Hall–Kier alpha value is -2.97. The topological polar surface area (TPSA) is 103 Å². The zero-order valence-electron chi connectivity index (χ0n) is 19.5. The Labute approximate surface area is 184 Å². The quantitative estimate of drug-likeness (QED) is 0.664. The Balaban J connectivity index is 2.36. The molecule has 2 atom stereocenters. The van der Waals surface area contributed by atoms with Crippen LogP contribution in [-0.2, 0) is 0 Å². The highest BCUT2D eigenvalue weighted by atomic mass is 16.5. The van der Waals surface area contributed by atoms with E-state index in [1.54, 1.807) is 42.1 Å². The van der Waals surface area contributed by atoms with Crippen LogP contribution in [0.15, 0.2) is 18.2 Å². The summed E-state index contributed by atoms with van der Waals surface area (Å²) in [5.74, 6) is 0.0838. The maximum absolute atomic E-state index is 13.0. The number of nitrogens with one attached hydrogen (secondary N) is 3. The fourth-order valence-electron chi connectivity index (χ4n) is 3.38. The number of benzene rings is 1. The first kappa shape index (κ1) is 24.3. The van der Waals surface area contributed by atoms with Crippen molar-refractivity contribution in [2.24, 2.45) is 5.92 Å². The molecule has 2 rings (SSSR count). The number of fused-ring (bicyclic) bond motifs is 1. The van der Waals surface area contributed by atoms with Crippen molar-refractivity contribution in [1.82, 2.24) is 20.4 Å². The SMILES string of the molecule is CC(C)NC(=O)Nc1cccc2c1O[C@@H](CN(C)C(=O)NC(C)C)[C@@H](C)CN(C)C2=O. The summed E-state index contributed by atoms with van der Waals surface area (Å²) in [5.41, 5.74) is 0.779. The van der Waals surface area contributed by atoms with Gasteiger partial charge in [0.1, 0.15) is 6.10 Å². The van der Waals surface area contributed by atoms with E-state index in [1.165, 1.54) is 0 Å². The van der Waals surface area contributed by atoms with Gasteiger partial charge in [-0.2, -0.15) is 0 Å². The Morgan fingerprint density at radius 1 is 1.19 bits per heavy atom. The first-order valence-corrected chi connectivity index (χ1v) is 10.6. The predicted molar refractivity (Wildman–Crippen MR) is 121 cm³/mol. The molecule has 0 saturated carbocycles. The lowest BCUT2D eigenvalue weighted by Gasteiger charge is -2.35. The number of hydrogen-bond acceptors (Lipinski definition) is 4. The van der Waals surface area contributed by atoms with Gasteiger partial charge in [-0.05, 0) is 39.8 Å². The molecular formula is C22H35N5O4. The molecule has 172 valence electrons. The van der Waals surface area contributed by atoms with Gasteiger partial charge in [0.15, 0.2) is 5.75 Å². The third kappa shape index (κ3) is 6.50. The van der Waals surface area contributed by atoms with Crippen molar-refractivity contribution in [1.29, 1.82) is 0 Å². The first-order chi connectivity index (χ1) is 14.5. The molecule has 0 radical (unpaired) electrons. The van der Waals surface area contributed by atoms with Gasteiger partial charge in [0, 0.05) is 38.6 Å². The van der Waals surface area contributed by atoms with Crippen molar-refractivity contribution in [3.05, 3.63) is 23.8 Å². The molecule has 1 aromatic rings. The predicted octanol–water partition coefficient (Wildman–Crippen LogP) is 2.74. The molecule has 0 bridgehead atoms.